The molecule has 3 N–H and O–H groups in total. The van der Waals surface area contributed by atoms with E-state index in [0.29, 0.717) is 24.5 Å². The van der Waals surface area contributed by atoms with E-state index >= 15 is 0 Å². The summed E-state index contributed by atoms with van der Waals surface area (Å²) in [7, 11) is -4.81. The van der Waals surface area contributed by atoms with E-state index in [1.165, 1.54) is 4.90 Å². The van der Waals surface area contributed by atoms with Crippen molar-refractivity contribution in [3.63, 3.8) is 0 Å². The summed E-state index contributed by atoms with van der Waals surface area (Å²) < 4.78 is 40.3. The lowest BCUT2D eigenvalue weighted by Gasteiger charge is -2.28. The summed E-state index contributed by atoms with van der Waals surface area (Å²) in [6.07, 6.45) is 1.77. The molecule has 13 heteroatoms. The number of hydroxylamine groups is 3. The lowest BCUT2D eigenvalue weighted by molar-refractivity contribution is -0.140. The minimum Gasteiger partial charge on any atom is -0.374 e. The van der Waals surface area contributed by atoms with Crippen molar-refractivity contribution in [2.24, 2.45) is 0 Å². The molecule has 0 saturated carbocycles. The van der Waals surface area contributed by atoms with Gasteiger partial charge in [-0.05, 0) is 25.8 Å². The van der Waals surface area contributed by atoms with E-state index in [1.54, 1.807) is 0 Å². The Bertz CT molecular complexity index is 638. The molecule has 2 bridgehead atoms. The summed E-state index contributed by atoms with van der Waals surface area (Å²) >= 11 is 0. The summed E-state index contributed by atoms with van der Waals surface area (Å²) in [6, 6.07) is -2.13. The molecule has 3 aliphatic heterocycles. The highest BCUT2D eigenvalue weighted by atomic mass is 32.3. The Morgan fingerprint density at radius 2 is 2.12 bits per heavy atom. The van der Waals surface area contributed by atoms with Crippen LogP contribution in [-0.2, 0) is 29.1 Å². The zero-order valence-electron chi connectivity index (χ0n) is 14.0. The van der Waals surface area contributed by atoms with E-state index in [1.807, 2.05) is 0 Å². The SMILES string of the molecule is O=C(NOCCOC1CCNC1)[C@@H]1CCC2CN1C(=O)N2OS(=O)(=O)O. The zero-order valence-corrected chi connectivity index (χ0v) is 14.8. The minimum absolute atomic E-state index is 0.129. The third-order valence-electron chi connectivity index (χ3n) is 4.53. The average molecular weight is 394 g/mol. The van der Waals surface area contributed by atoms with Gasteiger partial charge in [0.15, 0.2) is 0 Å². The van der Waals surface area contributed by atoms with Crippen molar-refractivity contribution in [1.29, 1.82) is 0 Å². The largest absolute Gasteiger partial charge is 0.418 e. The molecule has 26 heavy (non-hydrogen) atoms. The molecule has 0 spiro atoms. The number of piperidine rings is 1. The van der Waals surface area contributed by atoms with Crippen LogP contribution in [0, 0.1) is 0 Å². The van der Waals surface area contributed by atoms with E-state index in [4.69, 9.17) is 14.1 Å². The van der Waals surface area contributed by atoms with E-state index in [9.17, 15) is 18.0 Å². The Hall–Kier alpha value is -1.51. The summed E-state index contributed by atoms with van der Waals surface area (Å²) in [4.78, 5) is 30.7. The Balaban J connectivity index is 1.43. The van der Waals surface area contributed by atoms with Gasteiger partial charge in [-0.15, -0.1) is 4.28 Å². The van der Waals surface area contributed by atoms with E-state index in [2.05, 4.69) is 15.1 Å². The maximum atomic E-state index is 12.2. The Labute approximate surface area is 150 Å². The summed E-state index contributed by atoms with van der Waals surface area (Å²) in [6.45, 7) is 2.35. The molecule has 0 aliphatic carbocycles. The first-order valence-electron chi connectivity index (χ1n) is 8.36. The van der Waals surface area contributed by atoms with Crippen molar-refractivity contribution < 1.29 is 36.4 Å². The molecule has 3 heterocycles. The fourth-order valence-electron chi connectivity index (χ4n) is 3.32. The van der Waals surface area contributed by atoms with Gasteiger partial charge in [0.25, 0.3) is 5.91 Å². The number of ether oxygens (including phenoxy) is 1. The number of carbonyl (C=O) groups excluding carboxylic acids is 2. The molecule has 0 aromatic carbocycles. The number of hydrogen-bond donors (Lipinski definition) is 3. The third-order valence-corrected chi connectivity index (χ3v) is 4.88. The number of nitrogens with one attached hydrogen (secondary N) is 2. The van der Waals surface area contributed by atoms with Crippen molar-refractivity contribution in [1.82, 2.24) is 20.8 Å². The van der Waals surface area contributed by atoms with Gasteiger partial charge in [-0.3, -0.25) is 14.2 Å². The maximum absolute atomic E-state index is 12.2. The second-order valence-corrected chi connectivity index (χ2v) is 7.31. The molecular formula is C13H22N4O8S. The van der Waals surface area contributed by atoms with Crippen LogP contribution in [0.3, 0.4) is 0 Å². The Kier molecular flexibility index (Phi) is 5.94. The van der Waals surface area contributed by atoms with Crippen molar-refractivity contribution in [3.05, 3.63) is 0 Å². The molecule has 3 rings (SSSR count). The highest BCUT2D eigenvalue weighted by Gasteiger charge is 2.49. The molecule has 148 valence electrons. The van der Waals surface area contributed by atoms with Crippen molar-refractivity contribution in [2.75, 3.05) is 32.8 Å². The first-order chi connectivity index (χ1) is 12.3. The molecule has 0 radical (unpaired) electrons. The van der Waals surface area contributed by atoms with E-state index in [-0.39, 0.29) is 19.3 Å². The monoisotopic (exact) mass is 394 g/mol. The standard InChI is InChI=1S/C13H22N4O8S/c18-12(15-24-6-5-23-10-3-4-14-7-10)11-2-1-9-8-16(11)13(19)17(9)25-26(20,21)22/h9-11,14H,1-8H2,(H,15,18)(H,20,21,22)/t9?,10?,11-/m0/s1. The summed E-state index contributed by atoms with van der Waals surface area (Å²) in [5, 5.41) is 3.76. The number of nitrogens with zero attached hydrogens (tertiary/aromatic N) is 2. The van der Waals surface area contributed by atoms with Gasteiger partial charge >= 0.3 is 16.4 Å². The predicted octanol–water partition coefficient (Wildman–Crippen LogP) is -1.58. The summed E-state index contributed by atoms with van der Waals surface area (Å²) in [5.41, 5.74) is 2.29. The molecule has 3 fully saturated rings. The number of amides is 3. The molecule has 3 atom stereocenters. The normalized spacial score (nSPS) is 28.7. The van der Waals surface area contributed by atoms with Crippen molar-refractivity contribution in [3.8, 4) is 0 Å². The number of hydrogen-bond acceptors (Lipinski definition) is 8. The molecule has 0 aromatic heterocycles. The topological polar surface area (TPSA) is 147 Å². The van der Waals surface area contributed by atoms with Crippen molar-refractivity contribution in [2.45, 2.75) is 37.5 Å². The average Bonchev–Trinajstić information content (AvgIpc) is 3.17. The van der Waals surface area contributed by atoms with Gasteiger partial charge in [-0.1, -0.05) is 0 Å². The van der Waals surface area contributed by atoms with Crippen molar-refractivity contribution >= 4 is 22.3 Å². The molecule has 3 aliphatic rings. The lowest BCUT2D eigenvalue weighted by atomic mass is 10.0. The van der Waals surface area contributed by atoms with Gasteiger partial charge in [-0.2, -0.15) is 13.5 Å². The van der Waals surface area contributed by atoms with Crippen LogP contribution in [0.2, 0.25) is 0 Å². The van der Waals surface area contributed by atoms with Gasteiger partial charge < -0.3 is 15.0 Å². The quantitative estimate of drug-likeness (QED) is 0.252. The van der Waals surface area contributed by atoms with Crippen LogP contribution in [0.15, 0.2) is 0 Å². The Morgan fingerprint density at radius 1 is 1.31 bits per heavy atom. The third kappa shape index (κ3) is 4.61. The van der Waals surface area contributed by atoms with Gasteiger partial charge in [-0.25, -0.2) is 10.3 Å². The fourth-order valence-corrected chi connectivity index (χ4v) is 3.71. The van der Waals surface area contributed by atoms with Crippen LogP contribution in [0.1, 0.15) is 19.3 Å². The first kappa shape index (κ1) is 19.3. The molecule has 0 aromatic rings. The molecule has 3 saturated heterocycles. The molecule has 3 amide bonds. The number of fused-ring (bicyclic) bond motifs is 2. The number of carbonyl (C=O) groups is 2. The highest BCUT2D eigenvalue weighted by molar-refractivity contribution is 7.80. The highest BCUT2D eigenvalue weighted by Crippen LogP contribution is 2.30. The minimum atomic E-state index is -4.81. The molecule has 12 nitrogen and oxygen atoms in total. The summed E-state index contributed by atoms with van der Waals surface area (Å²) in [5.74, 6) is -0.506. The maximum Gasteiger partial charge on any atom is 0.418 e. The first-order valence-corrected chi connectivity index (χ1v) is 9.72. The Morgan fingerprint density at radius 3 is 2.81 bits per heavy atom. The smallest absolute Gasteiger partial charge is 0.374 e. The van der Waals surface area contributed by atoms with Crippen LogP contribution in [0.5, 0.6) is 0 Å². The predicted molar refractivity (Wildman–Crippen MR) is 84.7 cm³/mol. The van der Waals surface area contributed by atoms with Crippen LogP contribution >= 0.6 is 0 Å². The van der Waals surface area contributed by atoms with E-state index in [0.717, 1.165) is 19.5 Å². The van der Waals surface area contributed by atoms with Crippen LogP contribution < -0.4 is 10.8 Å². The number of rotatable bonds is 8. The van der Waals surface area contributed by atoms with Gasteiger partial charge in [0.05, 0.1) is 25.4 Å². The second-order valence-electron chi connectivity index (χ2n) is 6.31. The molecular weight excluding hydrogens is 372 g/mol. The van der Waals surface area contributed by atoms with Crippen LogP contribution in [0.4, 0.5) is 4.79 Å². The molecule has 2 unspecified atom stereocenters. The fraction of sp³-hybridized carbons (Fsp3) is 0.846. The van der Waals surface area contributed by atoms with Crippen LogP contribution in [-0.4, -0.2) is 85.9 Å². The van der Waals surface area contributed by atoms with Crippen LogP contribution in [0.25, 0.3) is 0 Å². The van der Waals surface area contributed by atoms with Gasteiger partial charge in [0.2, 0.25) is 0 Å². The zero-order chi connectivity index (χ0) is 18.7. The van der Waals surface area contributed by atoms with Gasteiger partial charge in [0, 0.05) is 13.1 Å². The number of urea groups is 1. The van der Waals surface area contributed by atoms with Gasteiger partial charge in [0.1, 0.15) is 6.04 Å². The van der Waals surface area contributed by atoms with E-state index < -0.39 is 34.4 Å². The lowest BCUT2D eigenvalue weighted by Crippen LogP contribution is -2.49. The second kappa shape index (κ2) is 8.02.